The number of carbonyl (C=O) groups is 1. The summed E-state index contributed by atoms with van der Waals surface area (Å²) in [7, 11) is 0. The van der Waals surface area contributed by atoms with Gasteiger partial charge in [-0.15, -0.1) is 0 Å². The van der Waals surface area contributed by atoms with Crippen LogP contribution in [0.2, 0.25) is 0 Å². The van der Waals surface area contributed by atoms with Gasteiger partial charge < -0.3 is 10.4 Å². The number of benzene rings is 1. The molecule has 1 unspecified atom stereocenters. The van der Waals surface area contributed by atoms with E-state index in [9.17, 15) is 9.18 Å². The number of rotatable bonds is 5. The number of aliphatic hydroxyl groups is 1. The maximum atomic E-state index is 13.2. The Hall–Kier alpha value is -1.42. The topological polar surface area (TPSA) is 49.3 Å². The number of aliphatic hydroxyl groups excluding tert-OH is 1. The molecule has 0 aliphatic heterocycles. The predicted octanol–water partition coefficient (Wildman–Crippen LogP) is 1.72. The lowest BCUT2D eigenvalue weighted by molar-refractivity contribution is 0.0932. The van der Waals surface area contributed by atoms with E-state index in [1.54, 1.807) is 12.1 Å². The van der Waals surface area contributed by atoms with Crippen molar-refractivity contribution in [3.05, 3.63) is 35.6 Å². The minimum atomic E-state index is -0.519. The molecule has 4 heteroatoms. The molecule has 0 aromatic heterocycles. The maximum absolute atomic E-state index is 13.2. The van der Waals surface area contributed by atoms with Crippen LogP contribution in [-0.2, 0) is 0 Å². The lowest BCUT2D eigenvalue weighted by Gasteiger charge is -2.13. The quantitative estimate of drug-likeness (QED) is 0.801. The third kappa shape index (κ3) is 3.62. The first kappa shape index (κ1) is 12.6. The second-order valence-corrected chi connectivity index (χ2v) is 3.72. The first-order valence-corrected chi connectivity index (χ1v) is 5.31. The number of amides is 1. The summed E-state index contributed by atoms with van der Waals surface area (Å²) >= 11 is 0. The molecule has 0 spiro atoms. The molecule has 0 aliphatic rings. The average molecular weight is 225 g/mol. The second kappa shape index (κ2) is 6.23. The number of hydrogen-bond acceptors (Lipinski definition) is 2. The average Bonchev–Trinajstić information content (AvgIpc) is 2.26. The summed E-state index contributed by atoms with van der Waals surface area (Å²) in [4.78, 5) is 11.6. The molecule has 1 aromatic rings. The molecule has 0 bridgehead atoms. The number of carbonyl (C=O) groups excluding carboxylic acids is 1. The van der Waals surface area contributed by atoms with Crippen LogP contribution in [0.25, 0.3) is 0 Å². The first-order valence-electron chi connectivity index (χ1n) is 5.31. The highest BCUT2D eigenvalue weighted by molar-refractivity contribution is 5.94. The van der Waals surface area contributed by atoms with Gasteiger partial charge in [0.05, 0.1) is 5.56 Å². The van der Waals surface area contributed by atoms with Crippen molar-refractivity contribution in [2.75, 3.05) is 6.61 Å². The van der Waals surface area contributed by atoms with Gasteiger partial charge in [-0.1, -0.05) is 12.1 Å². The van der Waals surface area contributed by atoms with Crippen molar-refractivity contribution in [1.82, 2.24) is 5.32 Å². The minimum Gasteiger partial charge on any atom is -0.396 e. The van der Waals surface area contributed by atoms with Crippen molar-refractivity contribution >= 4 is 5.91 Å². The standard InChI is InChI=1S/C12H16FNO2/c1-9(5-4-8-15)14-12(16)10-6-2-3-7-11(10)13/h2-3,6-7,9,15H,4-5,8H2,1H3,(H,14,16). The minimum absolute atomic E-state index is 0.0540. The summed E-state index contributed by atoms with van der Waals surface area (Å²) in [5, 5.41) is 11.3. The number of halogens is 1. The zero-order chi connectivity index (χ0) is 12.0. The Balaban J connectivity index is 2.56. The molecule has 0 saturated carbocycles. The molecule has 1 aromatic carbocycles. The van der Waals surface area contributed by atoms with E-state index in [2.05, 4.69) is 5.32 Å². The van der Waals surface area contributed by atoms with E-state index < -0.39 is 11.7 Å². The first-order chi connectivity index (χ1) is 7.65. The van der Waals surface area contributed by atoms with E-state index in [0.717, 1.165) is 0 Å². The van der Waals surface area contributed by atoms with Crippen LogP contribution in [0.15, 0.2) is 24.3 Å². The van der Waals surface area contributed by atoms with Crippen molar-refractivity contribution < 1.29 is 14.3 Å². The molecule has 1 amide bonds. The van der Waals surface area contributed by atoms with E-state index in [4.69, 9.17) is 5.11 Å². The lowest BCUT2D eigenvalue weighted by atomic mass is 10.1. The van der Waals surface area contributed by atoms with Gasteiger partial charge in [0.1, 0.15) is 5.82 Å². The van der Waals surface area contributed by atoms with Gasteiger partial charge in [0.2, 0.25) is 0 Å². The van der Waals surface area contributed by atoms with Crippen LogP contribution in [0.1, 0.15) is 30.1 Å². The van der Waals surface area contributed by atoms with Gasteiger partial charge in [0.25, 0.3) is 5.91 Å². The third-order valence-electron chi connectivity index (χ3n) is 2.29. The highest BCUT2D eigenvalue weighted by Gasteiger charge is 2.12. The van der Waals surface area contributed by atoms with Gasteiger partial charge in [-0.3, -0.25) is 4.79 Å². The summed E-state index contributed by atoms with van der Waals surface area (Å²) in [5.74, 6) is -0.933. The van der Waals surface area contributed by atoms with E-state index >= 15 is 0 Å². The molecule has 0 radical (unpaired) electrons. The predicted molar refractivity (Wildman–Crippen MR) is 59.6 cm³/mol. The van der Waals surface area contributed by atoms with Crippen LogP contribution in [0.4, 0.5) is 4.39 Å². The molecular formula is C12H16FNO2. The number of hydrogen-bond donors (Lipinski definition) is 2. The van der Waals surface area contributed by atoms with Gasteiger partial charge >= 0.3 is 0 Å². The fourth-order valence-electron chi connectivity index (χ4n) is 1.42. The molecule has 0 heterocycles. The highest BCUT2D eigenvalue weighted by Crippen LogP contribution is 2.07. The smallest absolute Gasteiger partial charge is 0.254 e. The van der Waals surface area contributed by atoms with Crippen LogP contribution in [0, 0.1) is 5.82 Å². The molecular weight excluding hydrogens is 209 g/mol. The van der Waals surface area contributed by atoms with Gasteiger partial charge in [0.15, 0.2) is 0 Å². The fourth-order valence-corrected chi connectivity index (χ4v) is 1.42. The normalized spacial score (nSPS) is 12.2. The SMILES string of the molecule is CC(CCCO)NC(=O)c1ccccc1F. The molecule has 0 fully saturated rings. The van der Waals surface area contributed by atoms with Gasteiger partial charge in [-0.2, -0.15) is 0 Å². The Labute approximate surface area is 94.3 Å². The van der Waals surface area contributed by atoms with Crippen LogP contribution >= 0.6 is 0 Å². The summed E-state index contributed by atoms with van der Waals surface area (Å²) in [6.45, 7) is 1.92. The van der Waals surface area contributed by atoms with Gasteiger partial charge in [0, 0.05) is 12.6 Å². The van der Waals surface area contributed by atoms with Crippen molar-refractivity contribution in [2.24, 2.45) is 0 Å². The fraction of sp³-hybridized carbons (Fsp3) is 0.417. The molecule has 3 nitrogen and oxygen atoms in total. The Morgan fingerprint density at radius 3 is 2.81 bits per heavy atom. The monoisotopic (exact) mass is 225 g/mol. The Morgan fingerprint density at radius 2 is 2.19 bits per heavy atom. The van der Waals surface area contributed by atoms with Crippen molar-refractivity contribution in [2.45, 2.75) is 25.8 Å². The Bertz CT molecular complexity index is 355. The number of nitrogens with one attached hydrogen (secondary N) is 1. The van der Waals surface area contributed by atoms with Crippen LogP contribution in [-0.4, -0.2) is 23.7 Å². The van der Waals surface area contributed by atoms with Crippen LogP contribution in [0.3, 0.4) is 0 Å². The third-order valence-corrected chi connectivity index (χ3v) is 2.29. The molecule has 88 valence electrons. The molecule has 0 aliphatic carbocycles. The van der Waals surface area contributed by atoms with Gasteiger partial charge in [-0.05, 0) is 31.9 Å². The molecule has 16 heavy (non-hydrogen) atoms. The van der Waals surface area contributed by atoms with Crippen molar-refractivity contribution in [3.8, 4) is 0 Å². The molecule has 1 atom stereocenters. The van der Waals surface area contributed by atoms with Gasteiger partial charge in [-0.25, -0.2) is 4.39 Å². The zero-order valence-corrected chi connectivity index (χ0v) is 9.24. The van der Waals surface area contributed by atoms with E-state index in [1.807, 2.05) is 6.92 Å². The van der Waals surface area contributed by atoms with Crippen molar-refractivity contribution in [3.63, 3.8) is 0 Å². The van der Waals surface area contributed by atoms with E-state index in [0.29, 0.717) is 12.8 Å². The molecule has 2 N–H and O–H groups in total. The van der Waals surface area contributed by atoms with E-state index in [-0.39, 0.29) is 18.2 Å². The summed E-state index contributed by atoms with van der Waals surface area (Å²) < 4.78 is 13.2. The van der Waals surface area contributed by atoms with Crippen molar-refractivity contribution in [1.29, 1.82) is 0 Å². The largest absolute Gasteiger partial charge is 0.396 e. The van der Waals surface area contributed by atoms with Crippen LogP contribution in [0.5, 0.6) is 0 Å². The lowest BCUT2D eigenvalue weighted by Crippen LogP contribution is -2.33. The Morgan fingerprint density at radius 1 is 1.50 bits per heavy atom. The Kier molecular flexibility index (Phi) is 4.92. The summed E-state index contributed by atoms with van der Waals surface area (Å²) in [6, 6.07) is 5.80. The summed E-state index contributed by atoms with van der Waals surface area (Å²) in [6.07, 6.45) is 1.30. The van der Waals surface area contributed by atoms with E-state index in [1.165, 1.54) is 12.1 Å². The molecule has 1 rings (SSSR count). The highest BCUT2D eigenvalue weighted by atomic mass is 19.1. The zero-order valence-electron chi connectivity index (χ0n) is 9.24. The van der Waals surface area contributed by atoms with Crippen LogP contribution < -0.4 is 5.32 Å². The maximum Gasteiger partial charge on any atom is 0.254 e. The molecule has 0 saturated heterocycles. The second-order valence-electron chi connectivity index (χ2n) is 3.72. The summed E-state index contributed by atoms with van der Waals surface area (Å²) in [5.41, 5.74) is 0.0540.